The van der Waals surface area contributed by atoms with Crippen molar-refractivity contribution in [2.24, 2.45) is 11.8 Å². The quantitative estimate of drug-likeness (QED) is 0.850. The lowest BCUT2D eigenvalue weighted by Crippen LogP contribution is -2.35. The second kappa shape index (κ2) is 6.70. The fourth-order valence-electron chi connectivity index (χ4n) is 1.74. The molecule has 0 aliphatic rings. The highest BCUT2D eigenvalue weighted by Gasteiger charge is 2.23. The van der Waals surface area contributed by atoms with Crippen molar-refractivity contribution in [2.75, 3.05) is 13.1 Å². The van der Waals surface area contributed by atoms with Crippen LogP contribution in [0.1, 0.15) is 32.6 Å². The van der Waals surface area contributed by atoms with Crippen molar-refractivity contribution in [2.45, 2.75) is 33.1 Å². The summed E-state index contributed by atoms with van der Waals surface area (Å²) in [6.07, 6.45) is 0. The topological polar surface area (TPSA) is 35.8 Å². The van der Waals surface area contributed by atoms with Crippen molar-refractivity contribution in [1.29, 1.82) is 5.26 Å². The Morgan fingerprint density at radius 3 is 2.56 bits per heavy atom. The summed E-state index contributed by atoms with van der Waals surface area (Å²) in [4.78, 5) is 1.36. The lowest BCUT2D eigenvalue weighted by Gasteiger charge is -2.25. The number of hydrogen-bond acceptors (Lipinski definition) is 3. The van der Waals surface area contributed by atoms with Crippen LogP contribution in [-0.2, 0) is 5.41 Å². The Balaban J connectivity index is 2.50. The average molecular weight is 329 g/mol. The molecule has 0 saturated carbocycles. The van der Waals surface area contributed by atoms with Gasteiger partial charge in [-0.05, 0) is 34.0 Å². The number of thiophene rings is 1. The van der Waals surface area contributed by atoms with Crippen molar-refractivity contribution in [3.8, 4) is 6.07 Å². The van der Waals surface area contributed by atoms with Gasteiger partial charge in [0.2, 0.25) is 0 Å². The summed E-state index contributed by atoms with van der Waals surface area (Å²) in [5, 5.41) is 12.5. The van der Waals surface area contributed by atoms with Gasteiger partial charge in [-0.25, -0.2) is 0 Å². The Bertz CT molecular complexity index is 418. The minimum absolute atomic E-state index is 0.0934. The van der Waals surface area contributed by atoms with Crippen LogP contribution >= 0.6 is 27.3 Å². The highest BCUT2D eigenvalue weighted by Crippen LogP contribution is 2.32. The first-order chi connectivity index (χ1) is 8.36. The zero-order chi connectivity index (χ0) is 13.8. The Labute approximate surface area is 123 Å². The van der Waals surface area contributed by atoms with E-state index in [9.17, 15) is 0 Å². The van der Waals surface area contributed by atoms with Gasteiger partial charge in [-0.1, -0.05) is 27.7 Å². The molecule has 0 aliphatic carbocycles. The molecule has 4 heteroatoms. The number of halogens is 1. The molecule has 1 aromatic heterocycles. The number of nitriles is 1. The van der Waals surface area contributed by atoms with Gasteiger partial charge in [0.1, 0.15) is 0 Å². The molecule has 0 amide bonds. The first kappa shape index (κ1) is 15.7. The van der Waals surface area contributed by atoms with E-state index in [0.717, 1.165) is 13.1 Å². The third-order valence-electron chi connectivity index (χ3n) is 3.14. The molecule has 0 fully saturated rings. The standard InChI is InChI=1S/C14H21BrN2S/c1-10(2)11(7-16)8-17-9-14(3,4)12-5-6-13(15)18-12/h5-6,10-11,17H,8-9H2,1-4H3. The van der Waals surface area contributed by atoms with E-state index < -0.39 is 0 Å². The van der Waals surface area contributed by atoms with Gasteiger partial charge < -0.3 is 5.32 Å². The number of nitrogens with one attached hydrogen (secondary N) is 1. The lowest BCUT2D eigenvalue weighted by molar-refractivity contribution is 0.405. The average Bonchev–Trinajstić information content (AvgIpc) is 2.71. The highest BCUT2D eigenvalue weighted by atomic mass is 79.9. The summed E-state index contributed by atoms with van der Waals surface area (Å²) in [6.45, 7) is 10.3. The molecule has 1 aromatic rings. The molecule has 1 atom stereocenters. The predicted molar refractivity (Wildman–Crippen MR) is 81.9 cm³/mol. The van der Waals surface area contributed by atoms with E-state index in [1.54, 1.807) is 11.3 Å². The van der Waals surface area contributed by atoms with Crippen LogP contribution in [0.2, 0.25) is 0 Å². The minimum atomic E-state index is 0.0934. The summed E-state index contributed by atoms with van der Waals surface area (Å²) in [7, 11) is 0. The first-order valence-electron chi connectivity index (χ1n) is 6.23. The van der Waals surface area contributed by atoms with Gasteiger partial charge in [0.25, 0.3) is 0 Å². The monoisotopic (exact) mass is 328 g/mol. The summed E-state index contributed by atoms with van der Waals surface area (Å²) in [5.74, 6) is 0.498. The fourth-order valence-corrected chi connectivity index (χ4v) is 3.22. The molecule has 0 saturated heterocycles. The lowest BCUT2D eigenvalue weighted by atomic mass is 9.90. The van der Waals surface area contributed by atoms with E-state index in [0.29, 0.717) is 5.92 Å². The van der Waals surface area contributed by atoms with Crippen LogP contribution < -0.4 is 5.32 Å². The molecule has 1 heterocycles. The molecular weight excluding hydrogens is 308 g/mol. The normalized spacial score (nSPS) is 13.6. The Morgan fingerprint density at radius 1 is 1.44 bits per heavy atom. The van der Waals surface area contributed by atoms with Crippen LogP contribution in [0, 0.1) is 23.2 Å². The molecule has 18 heavy (non-hydrogen) atoms. The van der Waals surface area contributed by atoms with Crippen LogP contribution in [0.15, 0.2) is 15.9 Å². The smallest absolute Gasteiger partial charge is 0.0701 e. The summed E-state index contributed by atoms with van der Waals surface area (Å²) < 4.78 is 1.17. The summed E-state index contributed by atoms with van der Waals surface area (Å²) in [6, 6.07) is 6.62. The van der Waals surface area contributed by atoms with Gasteiger partial charge in [-0.3, -0.25) is 0 Å². The second-order valence-corrected chi connectivity index (χ2v) is 8.06. The van der Waals surface area contributed by atoms with Gasteiger partial charge in [0.05, 0.1) is 15.8 Å². The van der Waals surface area contributed by atoms with Crippen molar-refractivity contribution >= 4 is 27.3 Å². The second-order valence-electron chi connectivity index (χ2n) is 5.60. The Hall–Kier alpha value is -0.370. The highest BCUT2D eigenvalue weighted by molar-refractivity contribution is 9.11. The van der Waals surface area contributed by atoms with Crippen LogP contribution in [0.5, 0.6) is 0 Å². The summed E-state index contributed by atoms with van der Waals surface area (Å²) in [5.41, 5.74) is 0.105. The molecule has 1 N–H and O–H groups in total. The molecule has 100 valence electrons. The molecule has 2 nitrogen and oxygen atoms in total. The van der Waals surface area contributed by atoms with Crippen LogP contribution in [0.4, 0.5) is 0 Å². The summed E-state index contributed by atoms with van der Waals surface area (Å²) >= 11 is 5.28. The SMILES string of the molecule is CC(C)C(C#N)CNCC(C)(C)c1ccc(Br)s1. The van der Waals surface area contributed by atoms with Crippen molar-refractivity contribution < 1.29 is 0 Å². The van der Waals surface area contributed by atoms with E-state index in [1.165, 1.54) is 8.66 Å². The van der Waals surface area contributed by atoms with E-state index in [2.05, 4.69) is 67.1 Å². The molecule has 0 aliphatic heterocycles. The van der Waals surface area contributed by atoms with E-state index in [4.69, 9.17) is 5.26 Å². The van der Waals surface area contributed by atoms with Gasteiger partial charge >= 0.3 is 0 Å². The number of hydrogen-bond donors (Lipinski definition) is 1. The molecule has 1 unspecified atom stereocenters. The Morgan fingerprint density at radius 2 is 2.11 bits per heavy atom. The molecule has 0 radical (unpaired) electrons. The van der Waals surface area contributed by atoms with Crippen LogP contribution in [0.25, 0.3) is 0 Å². The van der Waals surface area contributed by atoms with Crippen molar-refractivity contribution in [3.63, 3.8) is 0 Å². The van der Waals surface area contributed by atoms with Crippen molar-refractivity contribution in [1.82, 2.24) is 5.32 Å². The number of nitrogens with zero attached hydrogens (tertiary/aromatic N) is 1. The minimum Gasteiger partial charge on any atom is -0.315 e. The Kier molecular flexibility index (Phi) is 5.84. The molecule has 1 rings (SSSR count). The maximum atomic E-state index is 9.05. The predicted octanol–water partition coefficient (Wildman–Crippen LogP) is 4.17. The van der Waals surface area contributed by atoms with E-state index in [-0.39, 0.29) is 11.3 Å². The third kappa shape index (κ3) is 4.38. The van der Waals surface area contributed by atoms with Crippen LogP contribution in [0.3, 0.4) is 0 Å². The molecule has 0 aromatic carbocycles. The molecular formula is C14H21BrN2S. The van der Waals surface area contributed by atoms with E-state index in [1.807, 2.05) is 0 Å². The van der Waals surface area contributed by atoms with Crippen molar-refractivity contribution in [3.05, 3.63) is 20.8 Å². The van der Waals surface area contributed by atoms with Gasteiger partial charge in [-0.15, -0.1) is 11.3 Å². The van der Waals surface area contributed by atoms with Gasteiger partial charge in [-0.2, -0.15) is 5.26 Å². The fraction of sp³-hybridized carbons (Fsp3) is 0.643. The van der Waals surface area contributed by atoms with E-state index >= 15 is 0 Å². The maximum absolute atomic E-state index is 9.05. The van der Waals surface area contributed by atoms with Gasteiger partial charge in [0.15, 0.2) is 0 Å². The molecule has 0 spiro atoms. The largest absolute Gasteiger partial charge is 0.315 e. The first-order valence-corrected chi connectivity index (χ1v) is 7.84. The third-order valence-corrected chi connectivity index (χ3v) is 5.13. The van der Waals surface area contributed by atoms with Crippen LogP contribution in [-0.4, -0.2) is 13.1 Å². The maximum Gasteiger partial charge on any atom is 0.0701 e. The van der Waals surface area contributed by atoms with Gasteiger partial charge in [0, 0.05) is 23.4 Å². The zero-order valence-corrected chi connectivity index (χ0v) is 13.9. The number of rotatable bonds is 6. The zero-order valence-electron chi connectivity index (χ0n) is 11.5. The molecule has 0 bridgehead atoms.